The topological polar surface area (TPSA) is 51.8 Å². The van der Waals surface area contributed by atoms with Crippen molar-refractivity contribution in [3.8, 4) is 67.3 Å². The minimum absolute atomic E-state index is 0.122. The number of allylic oxidation sites excluding steroid dienone is 4. The van der Waals surface area contributed by atoms with Gasteiger partial charge in [0.15, 0.2) is 11.6 Å². The molecule has 8 aromatic carbocycles. The zero-order valence-corrected chi connectivity index (χ0v) is 42.1. The van der Waals surface area contributed by atoms with Crippen LogP contribution in [0.2, 0.25) is 0 Å². The van der Waals surface area contributed by atoms with Crippen molar-refractivity contribution in [1.29, 1.82) is 0 Å². The second kappa shape index (κ2) is 17.3. The first kappa shape index (κ1) is 43.5. The molecule has 3 heterocycles. The molecule has 4 nitrogen and oxygen atoms in total. The molecule has 0 saturated heterocycles. The standard InChI is InChI=1S/C69H51N3OS/c1-40-34-48-25-24-44(36-58(48)52-31-27-45(35-57(40)52)46-26-30-50-41(2)65(42-14-5-3-6-15-42)55-20-10-9-18-51(55)59(50)37-46)47-29-33-61-60(38-47)66-56(21-13-22-62(66)73-61)69-71-67(43-16-7-4-8-17-43)70-68(72-69)49-28-32-54-53-19-11-12-23-63(53)74-64(54)39-49/h3-20,22-33,35-41,53,56,63,65H,21,34H2,1-2H3. The van der Waals surface area contributed by atoms with Crippen molar-refractivity contribution in [3.05, 3.63) is 257 Å². The van der Waals surface area contributed by atoms with Gasteiger partial charge in [-0.25, -0.2) is 15.0 Å². The van der Waals surface area contributed by atoms with E-state index < -0.39 is 0 Å². The molecule has 0 amide bonds. The fourth-order valence-electron chi connectivity index (χ4n) is 13.0. The van der Waals surface area contributed by atoms with Crippen LogP contribution < -0.4 is 0 Å². The maximum Gasteiger partial charge on any atom is 0.163 e. The first-order chi connectivity index (χ1) is 36.5. The average molecular weight is 970 g/mol. The van der Waals surface area contributed by atoms with Crippen molar-refractivity contribution in [1.82, 2.24) is 15.0 Å². The molecule has 6 unspecified atom stereocenters. The van der Waals surface area contributed by atoms with Crippen LogP contribution in [0.4, 0.5) is 0 Å². The molecule has 15 rings (SSSR count). The smallest absolute Gasteiger partial charge is 0.163 e. The van der Waals surface area contributed by atoms with Crippen LogP contribution in [0, 0.1) is 0 Å². The number of benzene rings is 8. The number of hydrogen-bond acceptors (Lipinski definition) is 5. The third kappa shape index (κ3) is 7.08. The van der Waals surface area contributed by atoms with Gasteiger partial charge in [0.2, 0.25) is 0 Å². The predicted octanol–water partition coefficient (Wildman–Crippen LogP) is 17.8. The van der Waals surface area contributed by atoms with Crippen LogP contribution in [0.15, 0.2) is 216 Å². The molecule has 6 atom stereocenters. The summed E-state index contributed by atoms with van der Waals surface area (Å²) in [4.78, 5) is 17.1. The van der Waals surface area contributed by atoms with Crippen molar-refractivity contribution in [2.24, 2.45) is 0 Å². The lowest BCUT2D eigenvalue weighted by Gasteiger charge is -2.34. The molecule has 4 aliphatic carbocycles. The highest BCUT2D eigenvalue weighted by Gasteiger charge is 2.35. The number of fused-ring (bicyclic) bond motifs is 12. The summed E-state index contributed by atoms with van der Waals surface area (Å²) < 4.78 is 6.66. The van der Waals surface area contributed by atoms with E-state index in [1.54, 1.807) is 0 Å². The lowest BCUT2D eigenvalue weighted by molar-refractivity contribution is 0.586. The number of thioether (sulfide) groups is 1. The minimum atomic E-state index is -0.122. The largest absolute Gasteiger partial charge is 0.456 e. The third-order valence-corrected chi connectivity index (χ3v) is 18.0. The SMILES string of the molecule is CC1Cc2ccc(-c3ccc4oc5c(c4c3)C(c3nc(-c4ccccc4)nc(-c4ccc6c(c4)SC4C=CC=CC64)n3)CC=C5)cc2-c2ccc(-c3ccc4c(c3)-c3ccccc3C(c3ccccc3)C4C)cc21. The average Bonchev–Trinajstić information content (AvgIpc) is 4.04. The zero-order chi connectivity index (χ0) is 49.0. The Bertz CT molecular complexity index is 4010. The van der Waals surface area contributed by atoms with E-state index in [1.807, 2.05) is 30.0 Å². The second-order valence-electron chi connectivity index (χ2n) is 21.0. The van der Waals surface area contributed by atoms with Crippen LogP contribution in [-0.4, -0.2) is 20.2 Å². The summed E-state index contributed by atoms with van der Waals surface area (Å²) >= 11 is 1.93. The number of nitrogens with zero attached hydrogens (tertiary/aromatic N) is 3. The third-order valence-electron chi connectivity index (χ3n) is 16.7. The van der Waals surface area contributed by atoms with Gasteiger partial charge < -0.3 is 4.42 Å². The van der Waals surface area contributed by atoms with E-state index in [4.69, 9.17) is 19.4 Å². The van der Waals surface area contributed by atoms with Gasteiger partial charge in [0.1, 0.15) is 17.2 Å². The summed E-state index contributed by atoms with van der Waals surface area (Å²) in [6.07, 6.45) is 15.1. The van der Waals surface area contributed by atoms with Gasteiger partial charge in [-0.1, -0.05) is 190 Å². The van der Waals surface area contributed by atoms with Crippen molar-refractivity contribution in [2.75, 3.05) is 0 Å². The Morgan fingerprint density at radius 3 is 2.09 bits per heavy atom. The van der Waals surface area contributed by atoms with Gasteiger partial charge in [-0.15, -0.1) is 11.8 Å². The fraction of sp³-hybridized carbons (Fsp3) is 0.145. The molecular formula is C69H51N3OS. The van der Waals surface area contributed by atoms with Gasteiger partial charge in [-0.2, -0.15) is 0 Å². The zero-order valence-electron chi connectivity index (χ0n) is 41.2. The normalized spacial score (nSPS) is 20.5. The van der Waals surface area contributed by atoms with Crippen molar-refractivity contribution in [3.63, 3.8) is 0 Å². The van der Waals surface area contributed by atoms with Gasteiger partial charge in [-0.05, 0) is 139 Å². The predicted molar refractivity (Wildman–Crippen MR) is 304 cm³/mol. The monoisotopic (exact) mass is 969 g/mol. The maximum atomic E-state index is 6.66. The van der Waals surface area contributed by atoms with Crippen molar-refractivity contribution >= 4 is 28.8 Å². The molecular weight excluding hydrogens is 919 g/mol. The Hall–Kier alpha value is -8.12. The van der Waals surface area contributed by atoms with E-state index in [0.717, 1.165) is 57.6 Å². The first-order valence-electron chi connectivity index (χ1n) is 26.2. The van der Waals surface area contributed by atoms with Crippen LogP contribution in [0.1, 0.15) is 100 Å². The molecule has 0 fully saturated rings. The number of hydrogen-bond donors (Lipinski definition) is 0. The minimum Gasteiger partial charge on any atom is -0.456 e. The molecule has 5 aliphatic rings. The Labute approximate surface area is 436 Å². The van der Waals surface area contributed by atoms with Crippen LogP contribution >= 0.6 is 11.8 Å². The molecule has 354 valence electrons. The van der Waals surface area contributed by atoms with Crippen LogP contribution in [0.5, 0.6) is 0 Å². The highest BCUT2D eigenvalue weighted by atomic mass is 32.2. The quantitative estimate of drug-likeness (QED) is 0.166. The van der Waals surface area contributed by atoms with E-state index in [0.29, 0.717) is 40.6 Å². The van der Waals surface area contributed by atoms with Gasteiger partial charge in [-0.3, -0.25) is 0 Å². The molecule has 0 bridgehead atoms. The molecule has 10 aromatic rings. The van der Waals surface area contributed by atoms with E-state index in [2.05, 4.69) is 208 Å². The highest BCUT2D eigenvalue weighted by molar-refractivity contribution is 8.00. The molecule has 2 aromatic heterocycles. The Balaban J connectivity index is 0.777. The lowest BCUT2D eigenvalue weighted by atomic mass is 9.69. The summed E-state index contributed by atoms with van der Waals surface area (Å²) in [6, 6.07) is 65.3. The summed E-state index contributed by atoms with van der Waals surface area (Å²) in [5, 5.41) is 1.52. The Morgan fingerprint density at radius 2 is 1.22 bits per heavy atom. The summed E-state index contributed by atoms with van der Waals surface area (Å²) in [5.74, 6) is 4.35. The van der Waals surface area contributed by atoms with Gasteiger partial charge >= 0.3 is 0 Å². The molecule has 74 heavy (non-hydrogen) atoms. The Morgan fingerprint density at radius 1 is 0.527 bits per heavy atom. The van der Waals surface area contributed by atoms with E-state index >= 15 is 0 Å². The van der Waals surface area contributed by atoms with Gasteiger partial charge in [0.05, 0.1) is 5.92 Å². The maximum absolute atomic E-state index is 6.66. The van der Waals surface area contributed by atoms with Crippen LogP contribution in [0.3, 0.4) is 0 Å². The summed E-state index contributed by atoms with van der Waals surface area (Å²) in [6.45, 7) is 4.79. The number of aromatic nitrogens is 3. The van der Waals surface area contributed by atoms with Crippen LogP contribution in [0.25, 0.3) is 84.3 Å². The molecule has 1 aliphatic heterocycles. The first-order valence-corrected chi connectivity index (χ1v) is 27.1. The molecule has 0 spiro atoms. The van der Waals surface area contributed by atoms with E-state index in [1.165, 1.54) is 77.2 Å². The lowest BCUT2D eigenvalue weighted by Crippen LogP contribution is -2.17. The molecule has 5 heteroatoms. The fourth-order valence-corrected chi connectivity index (χ4v) is 14.4. The van der Waals surface area contributed by atoms with Gasteiger partial charge in [0.25, 0.3) is 0 Å². The van der Waals surface area contributed by atoms with Gasteiger partial charge in [0, 0.05) is 44.1 Å². The highest BCUT2D eigenvalue weighted by Crippen LogP contribution is 2.52. The number of furan rings is 1. The van der Waals surface area contributed by atoms with Crippen molar-refractivity contribution in [2.45, 2.75) is 66.4 Å². The molecule has 0 N–H and O–H groups in total. The molecule has 0 saturated carbocycles. The van der Waals surface area contributed by atoms with E-state index in [-0.39, 0.29) is 5.92 Å². The number of rotatable bonds is 6. The second-order valence-corrected chi connectivity index (χ2v) is 22.2. The molecule has 0 radical (unpaired) electrons. The van der Waals surface area contributed by atoms with E-state index in [9.17, 15) is 0 Å². The Kier molecular flexibility index (Phi) is 10.1. The summed E-state index contributed by atoms with van der Waals surface area (Å²) in [7, 11) is 0. The van der Waals surface area contributed by atoms with Crippen LogP contribution in [-0.2, 0) is 6.42 Å². The van der Waals surface area contributed by atoms with Crippen molar-refractivity contribution < 1.29 is 4.42 Å². The summed E-state index contributed by atoms with van der Waals surface area (Å²) in [5.41, 5.74) is 22.6.